The van der Waals surface area contributed by atoms with Gasteiger partial charge in [0.1, 0.15) is 0 Å². The van der Waals surface area contributed by atoms with Gasteiger partial charge >= 0.3 is 0 Å². The largest absolute Gasteiger partial charge is 0.316 e. The van der Waals surface area contributed by atoms with Gasteiger partial charge in [-0.3, -0.25) is 0 Å². The summed E-state index contributed by atoms with van der Waals surface area (Å²) in [5.74, 6) is 0.930. The van der Waals surface area contributed by atoms with Gasteiger partial charge in [0.05, 0.1) is 6.07 Å². The van der Waals surface area contributed by atoms with Gasteiger partial charge in [0, 0.05) is 6.42 Å². The van der Waals surface area contributed by atoms with Crippen LogP contribution in [0.3, 0.4) is 0 Å². The van der Waals surface area contributed by atoms with E-state index in [1.54, 1.807) is 0 Å². The maximum atomic E-state index is 8.36. The molecule has 1 aliphatic rings. The molecule has 1 N–H and O–H groups in total. The highest BCUT2D eigenvalue weighted by Crippen LogP contribution is 2.22. The molecule has 0 spiro atoms. The van der Waals surface area contributed by atoms with E-state index >= 15 is 0 Å². The first-order chi connectivity index (χ1) is 6.93. The van der Waals surface area contributed by atoms with Crippen molar-refractivity contribution < 1.29 is 0 Å². The lowest BCUT2D eigenvalue weighted by Gasteiger charge is -2.21. The standard InChI is InChI=1S/C12H22N2/c13-9-5-2-6-10-14-11-12-7-3-1-4-8-12/h12,14H,1-8,10-11H2. The molecule has 2 nitrogen and oxygen atoms in total. The van der Waals surface area contributed by atoms with Crippen LogP contribution >= 0.6 is 0 Å². The van der Waals surface area contributed by atoms with E-state index in [0.29, 0.717) is 6.42 Å². The zero-order chi connectivity index (χ0) is 10.1. The lowest BCUT2D eigenvalue weighted by molar-refractivity contribution is 0.342. The minimum Gasteiger partial charge on any atom is -0.316 e. The predicted octanol–water partition coefficient (Wildman–Crippen LogP) is 2.85. The molecule has 0 aromatic heterocycles. The Morgan fingerprint density at radius 2 is 1.93 bits per heavy atom. The van der Waals surface area contributed by atoms with Crippen molar-refractivity contribution in [3.05, 3.63) is 0 Å². The van der Waals surface area contributed by atoms with Crippen molar-refractivity contribution in [2.24, 2.45) is 5.92 Å². The van der Waals surface area contributed by atoms with E-state index < -0.39 is 0 Å². The number of nitrogens with zero attached hydrogens (tertiary/aromatic N) is 1. The average molecular weight is 194 g/mol. The van der Waals surface area contributed by atoms with Crippen LogP contribution in [0, 0.1) is 17.2 Å². The second-order valence-corrected chi connectivity index (χ2v) is 4.32. The molecule has 1 rings (SSSR count). The number of hydrogen-bond donors (Lipinski definition) is 1. The Hall–Kier alpha value is -0.550. The Labute approximate surface area is 87.7 Å². The molecule has 0 saturated heterocycles. The predicted molar refractivity (Wildman–Crippen MR) is 58.9 cm³/mol. The van der Waals surface area contributed by atoms with Crippen LogP contribution in [-0.4, -0.2) is 13.1 Å². The van der Waals surface area contributed by atoms with Crippen molar-refractivity contribution in [3.63, 3.8) is 0 Å². The number of unbranched alkanes of at least 4 members (excludes halogenated alkanes) is 2. The van der Waals surface area contributed by atoms with Crippen molar-refractivity contribution in [1.29, 1.82) is 5.26 Å². The van der Waals surface area contributed by atoms with E-state index in [0.717, 1.165) is 25.3 Å². The molecule has 1 saturated carbocycles. The third-order valence-electron chi connectivity index (χ3n) is 3.05. The first-order valence-corrected chi connectivity index (χ1v) is 6.01. The van der Waals surface area contributed by atoms with Gasteiger partial charge in [-0.25, -0.2) is 0 Å². The summed E-state index contributed by atoms with van der Waals surface area (Å²) in [5, 5.41) is 11.9. The minimum atomic E-state index is 0.713. The Bertz CT molecular complexity index is 166. The van der Waals surface area contributed by atoms with Gasteiger partial charge in [-0.1, -0.05) is 19.3 Å². The maximum absolute atomic E-state index is 8.36. The van der Waals surface area contributed by atoms with Gasteiger partial charge in [0.25, 0.3) is 0 Å². The van der Waals surface area contributed by atoms with Crippen LogP contribution in [0.25, 0.3) is 0 Å². The van der Waals surface area contributed by atoms with Crippen molar-refractivity contribution in [2.75, 3.05) is 13.1 Å². The van der Waals surface area contributed by atoms with Crippen LogP contribution < -0.4 is 5.32 Å². The highest BCUT2D eigenvalue weighted by molar-refractivity contribution is 4.70. The summed E-state index contributed by atoms with van der Waals surface area (Å²) in [5.41, 5.74) is 0. The highest BCUT2D eigenvalue weighted by Gasteiger charge is 2.11. The van der Waals surface area contributed by atoms with Gasteiger partial charge in [-0.2, -0.15) is 5.26 Å². The summed E-state index contributed by atoms with van der Waals surface area (Å²) >= 11 is 0. The van der Waals surface area contributed by atoms with Gasteiger partial charge in [0.2, 0.25) is 0 Å². The highest BCUT2D eigenvalue weighted by atomic mass is 14.9. The molecule has 1 fully saturated rings. The minimum absolute atomic E-state index is 0.713. The molecule has 1 aliphatic carbocycles. The SMILES string of the molecule is N#CCCCCNCC1CCCCC1. The molecule has 0 heterocycles. The van der Waals surface area contributed by atoms with Crippen molar-refractivity contribution >= 4 is 0 Å². The molecule has 0 aromatic carbocycles. The van der Waals surface area contributed by atoms with Crippen molar-refractivity contribution in [3.8, 4) is 6.07 Å². The summed E-state index contributed by atoms with van der Waals surface area (Å²) in [4.78, 5) is 0. The molecule has 0 amide bonds. The number of nitriles is 1. The topological polar surface area (TPSA) is 35.8 Å². The van der Waals surface area contributed by atoms with Crippen LogP contribution in [0.15, 0.2) is 0 Å². The molecule has 0 atom stereocenters. The van der Waals surface area contributed by atoms with Gasteiger partial charge < -0.3 is 5.32 Å². The van der Waals surface area contributed by atoms with Crippen molar-refractivity contribution in [1.82, 2.24) is 5.32 Å². The second-order valence-electron chi connectivity index (χ2n) is 4.32. The molecule has 14 heavy (non-hydrogen) atoms. The monoisotopic (exact) mass is 194 g/mol. The van der Waals surface area contributed by atoms with Gasteiger partial charge in [0.15, 0.2) is 0 Å². The summed E-state index contributed by atoms with van der Waals surface area (Å²) < 4.78 is 0. The van der Waals surface area contributed by atoms with Gasteiger partial charge in [-0.05, 0) is 44.7 Å². The summed E-state index contributed by atoms with van der Waals surface area (Å²) in [6, 6.07) is 2.18. The zero-order valence-corrected chi connectivity index (χ0v) is 9.10. The maximum Gasteiger partial charge on any atom is 0.0621 e. The van der Waals surface area contributed by atoms with Crippen LogP contribution in [0.2, 0.25) is 0 Å². The fourth-order valence-electron chi connectivity index (χ4n) is 2.15. The number of hydrogen-bond acceptors (Lipinski definition) is 2. The van der Waals surface area contributed by atoms with E-state index in [1.165, 1.54) is 38.6 Å². The molecule has 80 valence electrons. The van der Waals surface area contributed by atoms with Crippen molar-refractivity contribution in [2.45, 2.75) is 51.4 Å². The van der Waals surface area contributed by atoms with Gasteiger partial charge in [-0.15, -0.1) is 0 Å². The van der Waals surface area contributed by atoms with Crippen LogP contribution in [0.4, 0.5) is 0 Å². The Morgan fingerprint density at radius 3 is 2.64 bits per heavy atom. The summed E-state index contributed by atoms with van der Waals surface area (Å²) in [6.07, 6.45) is 10.1. The lowest BCUT2D eigenvalue weighted by Crippen LogP contribution is -2.25. The molecule has 0 bridgehead atoms. The molecular weight excluding hydrogens is 172 g/mol. The second kappa shape index (κ2) is 7.82. The summed E-state index contributed by atoms with van der Waals surface area (Å²) in [6.45, 7) is 2.30. The van der Waals surface area contributed by atoms with Crippen LogP contribution in [0.5, 0.6) is 0 Å². The first-order valence-electron chi connectivity index (χ1n) is 6.01. The molecule has 0 aromatic rings. The zero-order valence-electron chi connectivity index (χ0n) is 9.10. The quantitative estimate of drug-likeness (QED) is 0.660. The van der Waals surface area contributed by atoms with E-state index in [4.69, 9.17) is 5.26 Å². The third-order valence-corrected chi connectivity index (χ3v) is 3.05. The Morgan fingerprint density at radius 1 is 1.14 bits per heavy atom. The van der Waals surface area contributed by atoms with Crippen LogP contribution in [0.1, 0.15) is 51.4 Å². The fraction of sp³-hybridized carbons (Fsp3) is 0.917. The smallest absolute Gasteiger partial charge is 0.0621 e. The van der Waals surface area contributed by atoms with E-state index in [2.05, 4.69) is 11.4 Å². The summed E-state index contributed by atoms with van der Waals surface area (Å²) in [7, 11) is 0. The average Bonchev–Trinajstić information content (AvgIpc) is 2.25. The Balaban J connectivity index is 1.85. The third kappa shape index (κ3) is 5.24. The fourth-order valence-corrected chi connectivity index (χ4v) is 2.15. The molecule has 0 aliphatic heterocycles. The van der Waals surface area contributed by atoms with E-state index in [1.807, 2.05) is 0 Å². The number of rotatable bonds is 6. The normalized spacial score (nSPS) is 17.9. The molecule has 0 unspecified atom stereocenters. The van der Waals surface area contributed by atoms with E-state index in [9.17, 15) is 0 Å². The van der Waals surface area contributed by atoms with E-state index in [-0.39, 0.29) is 0 Å². The molecule has 2 heteroatoms. The number of nitrogens with one attached hydrogen (secondary N) is 1. The lowest BCUT2D eigenvalue weighted by atomic mass is 9.89. The molecule has 0 radical (unpaired) electrons. The Kier molecular flexibility index (Phi) is 6.43. The first kappa shape index (κ1) is 11.5. The molecular formula is C12H22N2. The van der Waals surface area contributed by atoms with Crippen LogP contribution in [-0.2, 0) is 0 Å².